The van der Waals surface area contributed by atoms with Gasteiger partial charge in [0.15, 0.2) is 12.4 Å². The maximum absolute atomic E-state index is 12.1. The monoisotopic (exact) mass is 418 g/mol. The molecule has 0 fully saturated rings. The van der Waals surface area contributed by atoms with Crippen molar-refractivity contribution >= 4 is 34.9 Å². The summed E-state index contributed by atoms with van der Waals surface area (Å²) >= 11 is 5.69. The molecule has 0 spiro atoms. The number of ketones is 1. The number of carbonyl (C=O) groups excluding carboxylic acids is 3. The third-order valence-corrected chi connectivity index (χ3v) is 4.38. The minimum Gasteiger partial charge on any atom is -0.456 e. The number of Topliss-reactive ketones (excluding diaryl/α,β-unsaturated/α-hetero) is 1. The van der Waals surface area contributed by atoms with Crippen molar-refractivity contribution in [2.45, 2.75) is 19.8 Å². The number of ether oxygens (including phenoxy) is 1. The SMILES string of the molecule is CC(C)c1ccc(C(=O)COC(=O)CNC(=O)c2ccc(Cl)c([N+](=O)[O-])c2)cc1. The number of esters is 1. The fourth-order valence-electron chi connectivity index (χ4n) is 2.38. The highest BCUT2D eigenvalue weighted by Crippen LogP contribution is 2.25. The van der Waals surface area contributed by atoms with Crippen LogP contribution in [-0.4, -0.2) is 35.7 Å². The van der Waals surface area contributed by atoms with Crippen LogP contribution in [0.2, 0.25) is 5.02 Å². The highest BCUT2D eigenvalue weighted by Gasteiger charge is 2.17. The van der Waals surface area contributed by atoms with Crippen molar-refractivity contribution in [2.75, 3.05) is 13.2 Å². The topological polar surface area (TPSA) is 116 Å². The third-order valence-electron chi connectivity index (χ3n) is 4.06. The molecule has 0 aliphatic carbocycles. The van der Waals surface area contributed by atoms with E-state index in [1.807, 2.05) is 26.0 Å². The molecule has 0 aliphatic heterocycles. The summed E-state index contributed by atoms with van der Waals surface area (Å²) < 4.78 is 4.87. The van der Waals surface area contributed by atoms with Crippen molar-refractivity contribution in [2.24, 2.45) is 0 Å². The fourth-order valence-corrected chi connectivity index (χ4v) is 2.57. The molecule has 0 atom stereocenters. The lowest BCUT2D eigenvalue weighted by atomic mass is 10.0. The first-order valence-corrected chi connectivity index (χ1v) is 9.07. The van der Waals surface area contributed by atoms with Gasteiger partial charge in [0.1, 0.15) is 11.6 Å². The Morgan fingerprint density at radius 3 is 2.31 bits per heavy atom. The van der Waals surface area contributed by atoms with Gasteiger partial charge >= 0.3 is 5.97 Å². The second-order valence-electron chi connectivity index (χ2n) is 6.47. The van der Waals surface area contributed by atoms with Gasteiger partial charge in [-0.05, 0) is 23.6 Å². The molecule has 0 saturated heterocycles. The van der Waals surface area contributed by atoms with Crippen LogP contribution in [0.4, 0.5) is 5.69 Å². The Hall–Kier alpha value is -3.26. The molecule has 29 heavy (non-hydrogen) atoms. The van der Waals surface area contributed by atoms with Crippen molar-refractivity contribution in [3.8, 4) is 0 Å². The van der Waals surface area contributed by atoms with Crippen molar-refractivity contribution in [3.63, 3.8) is 0 Å². The smallest absolute Gasteiger partial charge is 0.325 e. The van der Waals surface area contributed by atoms with Gasteiger partial charge in [-0.3, -0.25) is 24.5 Å². The van der Waals surface area contributed by atoms with Crippen molar-refractivity contribution in [1.29, 1.82) is 0 Å². The van der Waals surface area contributed by atoms with E-state index in [9.17, 15) is 24.5 Å². The van der Waals surface area contributed by atoms with E-state index in [2.05, 4.69) is 5.32 Å². The molecule has 0 bridgehead atoms. The predicted molar refractivity (Wildman–Crippen MR) is 106 cm³/mol. The molecular formula is C20H19ClN2O6. The molecule has 2 rings (SSSR count). The second-order valence-corrected chi connectivity index (χ2v) is 6.87. The van der Waals surface area contributed by atoms with Crippen LogP contribution in [0.25, 0.3) is 0 Å². The summed E-state index contributed by atoms with van der Waals surface area (Å²) in [4.78, 5) is 46.0. The summed E-state index contributed by atoms with van der Waals surface area (Å²) in [5, 5.41) is 13.0. The molecule has 0 unspecified atom stereocenters. The maximum Gasteiger partial charge on any atom is 0.325 e. The minimum absolute atomic E-state index is 0.0322. The summed E-state index contributed by atoms with van der Waals surface area (Å²) in [5.74, 6) is -1.55. The van der Waals surface area contributed by atoms with Crippen molar-refractivity contribution < 1.29 is 24.0 Å². The van der Waals surface area contributed by atoms with E-state index in [-0.39, 0.29) is 16.4 Å². The van der Waals surface area contributed by atoms with Crippen LogP contribution < -0.4 is 5.32 Å². The number of hydrogen-bond donors (Lipinski definition) is 1. The Bertz CT molecular complexity index is 940. The molecule has 9 heteroatoms. The van der Waals surface area contributed by atoms with Gasteiger partial charge in [-0.25, -0.2) is 0 Å². The Morgan fingerprint density at radius 1 is 1.10 bits per heavy atom. The lowest BCUT2D eigenvalue weighted by molar-refractivity contribution is -0.384. The highest BCUT2D eigenvalue weighted by atomic mass is 35.5. The average molecular weight is 419 g/mol. The summed E-state index contributed by atoms with van der Waals surface area (Å²) in [6, 6.07) is 10.5. The van der Waals surface area contributed by atoms with Crippen LogP contribution in [0, 0.1) is 10.1 Å². The van der Waals surface area contributed by atoms with Crippen LogP contribution in [0.5, 0.6) is 0 Å². The molecule has 1 N–H and O–H groups in total. The second kappa shape index (κ2) is 9.79. The standard InChI is InChI=1S/C20H19ClN2O6/c1-12(2)13-3-5-14(6-4-13)18(24)11-29-19(25)10-22-20(26)15-7-8-16(21)17(9-15)23(27)28/h3-9,12H,10-11H2,1-2H3,(H,22,26). The molecule has 2 aromatic rings. The van der Waals surface area contributed by atoms with Gasteiger partial charge in [-0.1, -0.05) is 49.7 Å². The normalized spacial score (nSPS) is 10.5. The summed E-state index contributed by atoms with van der Waals surface area (Å²) in [6.45, 7) is 3.13. The van der Waals surface area contributed by atoms with Crippen LogP contribution in [-0.2, 0) is 9.53 Å². The number of nitro benzene ring substituents is 1. The maximum atomic E-state index is 12.1. The zero-order chi connectivity index (χ0) is 21.6. The van der Waals surface area contributed by atoms with E-state index in [4.69, 9.17) is 16.3 Å². The number of carbonyl (C=O) groups is 3. The van der Waals surface area contributed by atoms with Crippen LogP contribution in [0.15, 0.2) is 42.5 Å². The van der Waals surface area contributed by atoms with E-state index in [0.717, 1.165) is 11.6 Å². The van der Waals surface area contributed by atoms with Gasteiger partial charge < -0.3 is 10.1 Å². The van der Waals surface area contributed by atoms with Crippen LogP contribution in [0.3, 0.4) is 0 Å². The molecule has 1 amide bonds. The number of nitro groups is 1. The number of rotatable bonds is 8. The molecular weight excluding hydrogens is 400 g/mol. The Kier molecular flexibility index (Phi) is 7.44. The first kappa shape index (κ1) is 22.0. The number of amides is 1. The lowest BCUT2D eigenvalue weighted by Gasteiger charge is -2.08. The summed E-state index contributed by atoms with van der Waals surface area (Å²) in [6.07, 6.45) is 0. The summed E-state index contributed by atoms with van der Waals surface area (Å²) in [7, 11) is 0. The van der Waals surface area contributed by atoms with Gasteiger partial charge in [0.2, 0.25) is 0 Å². The number of benzene rings is 2. The highest BCUT2D eigenvalue weighted by molar-refractivity contribution is 6.32. The first-order chi connectivity index (χ1) is 13.7. The molecule has 8 nitrogen and oxygen atoms in total. The number of hydrogen-bond acceptors (Lipinski definition) is 6. The Balaban J connectivity index is 1.85. The zero-order valence-corrected chi connectivity index (χ0v) is 16.6. The predicted octanol–water partition coefficient (Wildman–Crippen LogP) is 3.53. The van der Waals surface area contributed by atoms with Crippen LogP contribution in [0.1, 0.15) is 46.0 Å². The van der Waals surface area contributed by atoms with E-state index < -0.39 is 35.6 Å². The van der Waals surface area contributed by atoms with Crippen LogP contribution >= 0.6 is 11.6 Å². The van der Waals surface area contributed by atoms with Gasteiger partial charge in [-0.15, -0.1) is 0 Å². The molecule has 0 heterocycles. The number of nitrogens with one attached hydrogen (secondary N) is 1. The van der Waals surface area contributed by atoms with Gasteiger partial charge in [-0.2, -0.15) is 0 Å². The number of nitrogens with zero attached hydrogens (tertiary/aromatic N) is 1. The zero-order valence-electron chi connectivity index (χ0n) is 15.8. The number of halogens is 1. The molecule has 152 valence electrons. The fraction of sp³-hybridized carbons (Fsp3) is 0.250. The summed E-state index contributed by atoms with van der Waals surface area (Å²) in [5.41, 5.74) is 1.05. The van der Waals surface area contributed by atoms with Gasteiger partial charge in [0.25, 0.3) is 11.6 Å². The third kappa shape index (κ3) is 6.11. The Morgan fingerprint density at radius 2 is 1.72 bits per heavy atom. The van der Waals surface area contributed by atoms with Gasteiger partial charge in [0, 0.05) is 17.2 Å². The molecule has 0 radical (unpaired) electrons. The molecule has 0 aromatic heterocycles. The van der Waals surface area contributed by atoms with E-state index in [1.54, 1.807) is 12.1 Å². The van der Waals surface area contributed by atoms with E-state index in [0.29, 0.717) is 11.5 Å². The first-order valence-electron chi connectivity index (χ1n) is 8.70. The van der Waals surface area contributed by atoms with Gasteiger partial charge in [0.05, 0.1) is 4.92 Å². The lowest BCUT2D eigenvalue weighted by Crippen LogP contribution is -2.31. The molecule has 0 saturated carbocycles. The average Bonchev–Trinajstić information content (AvgIpc) is 2.70. The molecule has 0 aliphatic rings. The van der Waals surface area contributed by atoms with E-state index >= 15 is 0 Å². The molecule has 2 aromatic carbocycles. The minimum atomic E-state index is -0.811. The van der Waals surface area contributed by atoms with E-state index in [1.165, 1.54) is 12.1 Å². The van der Waals surface area contributed by atoms with Crippen molar-refractivity contribution in [3.05, 3.63) is 74.3 Å². The Labute approximate surface area is 172 Å². The quantitative estimate of drug-likeness (QED) is 0.303. The largest absolute Gasteiger partial charge is 0.456 e. The van der Waals surface area contributed by atoms with Crippen molar-refractivity contribution in [1.82, 2.24) is 5.32 Å².